The summed E-state index contributed by atoms with van der Waals surface area (Å²) in [6.07, 6.45) is 3.21. The van der Waals surface area contributed by atoms with Crippen molar-refractivity contribution in [3.8, 4) is 11.5 Å². The van der Waals surface area contributed by atoms with Gasteiger partial charge in [-0.1, -0.05) is 17.3 Å². The summed E-state index contributed by atoms with van der Waals surface area (Å²) in [6.45, 7) is 0. The van der Waals surface area contributed by atoms with Gasteiger partial charge in [0, 0.05) is 22.8 Å². The van der Waals surface area contributed by atoms with Crippen molar-refractivity contribution in [1.82, 2.24) is 15.1 Å². The Bertz CT molecular complexity index is 739. The maximum Gasteiger partial charge on any atom is 0.227 e. The van der Waals surface area contributed by atoms with Gasteiger partial charge in [-0.2, -0.15) is 4.98 Å². The molecule has 0 spiro atoms. The van der Waals surface area contributed by atoms with E-state index >= 15 is 0 Å². The first-order valence-corrected chi connectivity index (χ1v) is 7.29. The molecule has 0 unspecified atom stereocenters. The summed E-state index contributed by atoms with van der Waals surface area (Å²) in [5, 5.41) is 3.98. The van der Waals surface area contributed by atoms with Crippen LogP contribution >= 0.6 is 15.9 Å². The minimum absolute atomic E-state index is 0.495. The number of nitrogens with zero attached hydrogens (tertiary/aromatic N) is 3. The molecule has 106 valence electrons. The summed E-state index contributed by atoms with van der Waals surface area (Å²) >= 11 is 3.43. The molecule has 0 bridgehead atoms. The van der Waals surface area contributed by atoms with E-state index in [2.05, 4.69) is 31.1 Å². The summed E-state index contributed by atoms with van der Waals surface area (Å²) in [5.74, 6) is 1.09. The predicted molar refractivity (Wildman–Crippen MR) is 83.5 cm³/mol. The third kappa shape index (κ3) is 3.28. The number of aryl methyl sites for hydroxylation is 2. The second-order valence-corrected chi connectivity index (χ2v) is 5.44. The van der Waals surface area contributed by atoms with E-state index in [1.54, 1.807) is 6.20 Å². The molecule has 0 aliphatic carbocycles. The standard InChI is InChI=1S/C15H13BrN4O/c16-12-2-1-9-18-14(12)15-19-13(21-20-15)8-5-10-3-6-11(17)7-4-10/h1-4,6-7,9H,5,8,17H2. The highest BCUT2D eigenvalue weighted by molar-refractivity contribution is 9.10. The van der Waals surface area contributed by atoms with Crippen LogP contribution in [0.4, 0.5) is 5.69 Å². The highest BCUT2D eigenvalue weighted by Gasteiger charge is 2.12. The average molecular weight is 345 g/mol. The zero-order valence-electron chi connectivity index (χ0n) is 11.2. The molecule has 1 aromatic carbocycles. The van der Waals surface area contributed by atoms with E-state index in [0.717, 1.165) is 16.6 Å². The van der Waals surface area contributed by atoms with Crippen LogP contribution in [0.1, 0.15) is 11.5 Å². The van der Waals surface area contributed by atoms with Gasteiger partial charge in [0.15, 0.2) is 0 Å². The van der Waals surface area contributed by atoms with Crippen LogP contribution in [-0.2, 0) is 12.8 Å². The molecule has 3 aromatic rings. The Hall–Kier alpha value is -2.21. The average Bonchev–Trinajstić information content (AvgIpc) is 2.96. The van der Waals surface area contributed by atoms with Crippen LogP contribution in [0.2, 0.25) is 0 Å². The number of hydrogen-bond donors (Lipinski definition) is 1. The Morgan fingerprint density at radius 2 is 1.90 bits per heavy atom. The zero-order valence-corrected chi connectivity index (χ0v) is 12.7. The Kier molecular flexibility index (Phi) is 3.96. The van der Waals surface area contributed by atoms with Crippen molar-refractivity contribution in [3.05, 3.63) is 58.5 Å². The van der Waals surface area contributed by atoms with Crippen LogP contribution in [-0.4, -0.2) is 15.1 Å². The summed E-state index contributed by atoms with van der Waals surface area (Å²) in [7, 11) is 0. The first kappa shape index (κ1) is 13.8. The normalized spacial score (nSPS) is 10.7. The van der Waals surface area contributed by atoms with E-state index in [1.807, 2.05) is 36.4 Å². The van der Waals surface area contributed by atoms with E-state index in [9.17, 15) is 0 Å². The fourth-order valence-corrected chi connectivity index (χ4v) is 2.37. The Balaban J connectivity index is 1.71. The molecular formula is C15H13BrN4O. The van der Waals surface area contributed by atoms with Crippen molar-refractivity contribution < 1.29 is 4.52 Å². The summed E-state index contributed by atoms with van der Waals surface area (Å²) < 4.78 is 6.12. The van der Waals surface area contributed by atoms with Gasteiger partial charge in [-0.3, -0.25) is 4.98 Å². The SMILES string of the molecule is Nc1ccc(CCc2nc(-c3ncccc3Br)no2)cc1. The number of benzene rings is 1. The van der Waals surface area contributed by atoms with Crippen molar-refractivity contribution in [2.75, 3.05) is 5.73 Å². The molecule has 0 fully saturated rings. The monoisotopic (exact) mass is 344 g/mol. The Morgan fingerprint density at radius 1 is 1.10 bits per heavy atom. The molecule has 2 N–H and O–H groups in total. The summed E-state index contributed by atoms with van der Waals surface area (Å²) in [6, 6.07) is 11.5. The van der Waals surface area contributed by atoms with Crippen molar-refractivity contribution >= 4 is 21.6 Å². The van der Waals surface area contributed by atoms with Crippen molar-refractivity contribution in [1.29, 1.82) is 0 Å². The number of aromatic nitrogens is 3. The fourth-order valence-electron chi connectivity index (χ4n) is 1.94. The van der Waals surface area contributed by atoms with Gasteiger partial charge in [-0.05, 0) is 52.2 Å². The zero-order chi connectivity index (χ0) is 14.7. The van der Waals surface area contributed by atoms with Crippen LogP contribution in [0.15, 0.2) is 51.6 Å². The van der Waals surface area contributed by atoms with Crippen molar-refractivity contribution in [3.63, 3.8) is 0 Å². The fraction of sp³-hybridized carbons (Fsp3) is 0.133. The Labute approximate surface area is 130 Å². The van der Waals surface area contributed by atoms with Gasteiger partial charge in [0.2, 0.25) is 11.7 Å². The van der Waals surface area contributed by atoms with Crippen LogP contribution in [0.3, 0.4) is 0 Å². The molecule has 21 heavy (non-hydrogen) atoms. The number of pyridine rings is 1. The second-order valence-electron chi connectivity index (χ2n) is 4.59. The first-order chi connectivity index (χ1) is 10.2. The second kappa shape index (κ2) is 6.05. The van der Waals surface area contributed by atoms with E-state index in [0.29, 0.717) is 23.8 Å². The van der Waals surface area contributed by atoms with Gasteiger partial charge in [0.25, 0.3) is 0 Å². The topological polar surface area (TPSA) is 77.8 Å². The minimum Gasteiger partial charge on any atom is -0.399 e. The van der Waals surface area contributed by atoms with E-state index in [-0.39, 0.29) is 0 Å². The Morgan fingerprint density at radius 3 is 2.67 bits per heavy atom. The molecule has 0 atom stereocenters. The largest absolute Gasteiger partial charge is 0.399 e. The third-order valence-corrected chi connectivity index (χ3v) is 3.69. The van der Waals surface area contributed by atoms with Gasteiger partial charge in [0.05, 0.1) is 0 Å². The van der Waals surface area contributed by atoms with Crippen molar-refractivity contribution in [2.45, 2.75) is 12.8 Å². The van der Waals surface area contributed by atoms with Gasteiger partial charge in [-0.15, -0.1) is 0 Å². The van der Waals surface area contributed by atoms with E-state index in [4.69, 9.17) is 10.3 Å². The molecule has 0 amide bonds. The number of hydrogen-bond acceptors (Lipinski definition) is 5. The molecule has 0 aliphatic rings. The molecule has 0 saturated heterocycles. The number of nitrogens with two attached hydrogens (primary N) is 1. The number of rotatable bonds is 4. The predicted octanol–water partition coefficient (Wildman–Crippen LogP) is 3.26. The first-order valence-electron chi connectivity index (χ1n) is 6.50. The number of anilines is 1. The summed E-state index contributed by atoms with van der Waals surface area (Å²) in [4.78, 5) is 8.62. The molecule has 0 saturated carbocycles. The van der Waals surface area contributed by atoms with Gasteiger partial charge in [0.1, 0.15) is 5.69 Å². The lowest BCUT2D eigenvalue weighted by Gasteiger charge is -1.98. The highest BCUT2D eigenvalue weighted by atomic mass is 79.9. The minimum atomic E-state index is 0.495. The maximum absolute atomic E-state index is 5.66. The molecule has 2 heterocycles. The van der Waals surface area contributed by atoms with Gasteiger partial charge in [-0.25, -0.2) is 0 Å². The number of halogens is 1. The molecule has 0 radical (unpaired) electrons. The lowest BCUT2D eigenvalue weighted by molar-refractivity contribution is 0.378. The highest BCUT2D eigenvalue weighted by Crippen LogP contribution is 2.23. The quantitative estimate of drug-likeness (QED) is 0.735. The van der Waals surface area contributed by atoms with E-state index in [1.165, 1.54) is 5.56 Å². The molecule has 6 heteroatoms. The third-order valence-electron chi connectivity index (χ3n) is 3.05. The van der Waals surface area contributed by atoms with Crippen LogP contribution in [0.25, 0.3) is 11.5 Å². The lowest BCUT2D eigenvalue weighted by Crippen LogP contribution is -1.93. The molecular weight excluding hydrogens is 332 g/mol. The van der Waals surface area contributed by atoms with Crippen LogP contribution in [0, 0.1) is 0 Å². The molecule has 2 aromatic heterocycles. The maximum atomic E-state index is 5.66. The smallest absolute Gasteiger partial charge is 0.227 e. The molecule has 0 aliphatic heterocycles. The lowest BCUT2D eigenvalue weighted by atomic mass is 10.1. The van der Waals surface area contributed by atoms with Crippen LogP contribution in [0.5, 0.6) is 0 Å². The van der Waals surface area contributed by atoms with Gasteiger partial charge < -0.3 is 10.3 Å². The van der Waals surface area contributed by atoms with Crippen LogP contribution < -0.4 is 5.73 Å². The van der Waals surface area contributed by atoms with Crippen molar-refractivity contribution in [2.24, 2.45) is 0 Å². The summed E-state index contributed by atoms with van der Waals surface area (Å²) in [5.41, 5.74) is 8.29. The van der Waals surface area contributed by atoms with E-state index < -0.39 is 0 Å². The molecule has 3 rings (SSSR count). The van der Waals surface area contributed by atoms with Gasteiger partial charge >= 0.3 is 0 Å². The molecule has 5 nitrogen and oxygen atoms in total. The number of nitrogen functional groups attached to an aromatic ring is 1.